The molecule has 0 radical (unpaired) electrons. The highest BCUT2D eigenvalue weighted by molar-refractivity contribution is 6.77. The van der Waals surface area contributed by atoms with E-state index in [0.29, 0.717) is 23.2 Å². The Kier molecular flexibility index (Phi) is 8.99. The Hall–Kier alpha value is -0.943. The van der Waals surface area contributed by atoms with Gasteiger partial charge in [0, 0.05) is 0 Å². The van der Waals surface area contributed by atoms with Gasteiger partial charge in [0.25, 0.3) is 0 Å². The molecule has 0 aliphatic heterocycles. The van der Waals surface area contributed by atoms with E-state index >= 15 is 0 Å². The maximum Gasteiger partial charge on any atom is 0.314 e. The van der Waals surface area contributed by atoms with Gasteiger partial charge >= 0.3 is 5.97 Å². The first kappa shape index (κ1) is 22.1. The van der Waals surface area contributed by atoms with Crippen LogP contribution in [0.4, 0.5) is 0 Å². The van der Waals surface area contributed by atoms with E-state index in [2.05, 4.69) is 41.5 Å². The predicted molar refractivity (Wildman–Crippen MR) is 97.2 cm³/mol. The van der Waals surface area contributed by atoms with Crippen molar-refractivity contribution >= 4 is 20.1 Å². The second kappa shape index (κ2) is 9.38. The van der Waals surface area contributed by atoms with Crippen LogP contribution in [-0.4, -0.2) is 31.8 Å². The fourth-order valence-electron chi connectivity index (χ4n) is 3.56. The lowest BCUT2D eigenvalue weighted by Crippen LogP contribution is -2.48. The zero-order valence-corrected chi connectivity index (χ0v) is 17.0. The first-order valence-corrected chi connectivity index (χ1v) is 10.6. The molecule has 0 heterocycles. The molecule has 1 atom stereocenters. The van der Waals surface area contributed by atoms with Gasteiger partial charge in [-0.2, -0.15) is 0 Å². The number of hydrogen-bond acceptors (Lipinski definition) is 3. The summed E-state index contributed by atoms with van der Waals surface area (Å²) in [7, 11) is -1.91. The fraction of sp³-hybridized carbons (Fsp3) is 0.778. The second-order valence-corrected chi connectivity index (χ2v) is 12.9. The van der Waals surface area contributed by atoms with Gasteiger partial charge in [0.15, 0.2) is 0 Å². The molecule has 0 saturated heterocycles. The minimum atomic E-state index is -1.91. The average molecular weight is 343 g/mol. The van der Waals surface area contributed by atoms with Gasteiger partial charge in [0.05, 0.1) is 6.61 Å². The molecule has 0 saturated carbocycles. The first-order chi connectivity index (χ1) is 10.5. The van der Waals surface area contributed by atoms with Crippen LogP contribution in [0.15, 0.2) is 11.6 Å². The van der Waals surface area contributed by atoms with Gasteiger partial charge in [-0.25, -0.2) is 0 Å². The minimum Gasteiger partial charge on any atom is -0.481 e. The smallest absolute Gasteiger partial charge is 0.314 e. The number of carbonyl (C=O) groups is 2. The molecule has 0 aromatic carbocycles. The first-order valence-electron chi connectivity index (χ1n) is 8.49. The van der Waals surface area contributed by atoms with E-state index in [9.17, 15) is 9.59 Å². The highest BCUT2D eigenvalue weighted by atomic mass is 28.4. The quantitative estimate of drug-likeness (QED) is 0.352. The fourth-order valence-corrected chi connectivity index (χ4v) is 9.04. The Balaban J connectivity index is 5.01. The van der Waals surface area contributed by atoms with Gasteiger partial charge in [-0.3, -0.25) is 9.59 Å². The van der Waals surface area contributed by atoms with Gasteiger partial charge in [0.1, 0.15) is 11.7 Å². The summed E-state index contributed by atoms with van der Waals surface area (Å²) in [6.07, 6.45) is 2.07. The molecular weight excluding hydrogens is 308 g/mol. The van der Waals surface area contributed by atoms with E-state index in [1.54, 1.807) is 0 Å². The Bertz CT molecular complexity index is 403. The van der Waals surface area contributed by atoms with Crippen LogP contribution in [-0.2, 0) is 14.0 Å². The maximum absolute atomic E-state index is 11.3. The third-order valence-corrected chi connectivity index (χ3v) is 10.8. The van der Waals surface area contributed by atoms with Crippen LogP contribution >= 0.6 is 0 Å². The number of carbonyl (C=O) groups excluding carboxylic acids is 1. The Morgan fingerprint density at radius 1 is 1.00 bits per heavy atom. The van der Waals surface area contributed by atoms with Crippen molar-refractivity contribution in [2.45, 2.75) is 78.4 Å². The van der Waals surface area contributed by atoms with Crippen LogP contribution in [0.25, 0.3) is 0 Å². The number of aliphatic carboxylic acids is 1. The van der Waals surface area contributed by atoms with E-state index in [1.807, 2.05) is 13.0 Å². The molecule has 23 heavy (non-hydrogen) atoms. The monoisotopic (exact) mass is 342 g/mol. The standard InChI is InChI=1S/C18H34O4Si/c1-12(2)23(13(3)4,14(5)6)22-11-15(7)9-10-17(16(8)19)18(20)21/h9,12-14,17H,10-11H2,1-8H3,(H,20,21)/b15-9+. The van der Waals surface area contributed by atoms with Gasteiger partial charge in [0.2, 0.25) is 8.32 Å². The van der Waals surface area contributed by atoms with Gasteiger partial charge in [-0.1, -0.05) is 53.2 Å². The lowest BCUT2D eigenvalue weighted by Gasteiger charge is -2.42. The molecule has 1 N–H and O–H groups in total. The van der Waals surface area contributed by atoms with E-state index in [0.717, 1.165) is 5.57 Å². The van der Waals surface area contributed by atoms with E-state index in [4.69, 9.17) is 9.53 Å². The summed E-state index contributed by atoms with van der Waals surface area (Å²) in [5.74, 6) is -2.32. The van der Waals surface area contributed by atoms with Crippen LogP contribution < -0.4 is 0 Å². The van der Waals surface area contributed by atoms with Gasteiger partial charge in [-0.15, -0.1) is 0 Å². The lowest BCUT2D eigenvalue weighted by atomic mass is 10.0. The molecule has 5 heteroatoms. The molecule has 0 rings (SSSR count). The van der Waals surface area contributed by atoms with Crippen molar-refractivity contribution in [3.63, 3.8) is 0 Å². The summed E-state index contributed by atoms with van der Waals surface area (Å²) >= 11 is 0. The van der Waals surface area contributed by atoms with Crippen LogP contribution in [0.3, 0.4) is 0 Å². The predicted octanol–water partition coefficient (Wildman–Crippen LogP) is 4.80. The Morgan fingerprint density at radius 3 is 1.74 bits per heavy atom. The Labute approximate surface area is 142 Å². The molecular formula is C18H34O4Si. The summed E-state index contributed by atoms with van der Waals surface area (Å²) < 4.78 is 6.47. The van der Waals surface area contributed by atoms with Crippen molar-refractivity contribution in [1.82, 2.24) is 0 Å². The van der Waals surface area contributed by atoms with Crippen LogP contribution in [0, 0.1) is 5.92 Å². The van der Waals surface area contributed by atoms with Crippen LogP contribution in [0.2, 0.25) is 16.6 Å². The van der Waals surface area contributed by atoms with Crippen molar-refractivity contribution in [3.8, 4) is 0 Å². The largest absolute Gasteiger partial charge is 0.481 e. The number of allylic oxidation sites excluding steroid dienone is 1. The second-order valence-electron chi connectivity index (χ2n) is 7.39. The van der Waals surface area contributed by atoms with E-state index < -0.39 is 20.2 Å². The molecule has 0 aliphatic rings. The number of carboxylic acid groups (broad SMARTS) is 1. The number of rotatable bonds is 10. The summed E-state index contributed by atoms with van der Waals surface area (Å²) in [5, 5.41) is 9.06. The average Bonchev–Trinajstić information content (AvgIpc) is 2.37. The number of ketones is 1. The van der Waals surface area contributed by atoms with Crippen molar-refractivity contribution in [2.75, 3.05) is 6.61 Å². The van der Waals surface area contributed by atoms with Crippen LogP contribution in [0.5, 0.6) is 0 Å². The van der Waals surface area contributed by atoms with Crippen molar-refractivity contribution in [2.24, 2.45) is 5.92 Å². The van der Waals surface area contributed by atoms with Crippen molar-refractivity contribution < 1.29 is 19.1 Å². The zero-order chi connectivity index (χ0) is 18.4. The van der Waals surface area contributed by atoms with Gasteiger partial charge < -0.3 is 9.53 Å². The lowest BCUT2D eigenvalue weighted by molar-refractivity contribution is -0.145. The molecule has 0 aromatic heterocycles. The summed E-state index contributed by atoms with van der Waals surface area (Å²) in [6, 6.07) is 0. The molecule has 0 fully saturated rings. The van der Waals surface area contributed by atoms with Crippen LogP contribution in [0.1, 0.15) is 61.8 Å². The topological polar surface area (TPSA) is 63.6 Å². The molecule has 0 bridgehead atoms. The molecule has 1 unspecified atom stereocenters. The normalized spacial score (nSPS) is 14.7. The van der Waals surface area contributed by atoms with E-state index in [1.165, 1.54) is 6.92 Å². The molecule has 0 amide bonds. The third-order valence-electron chi connectivity index (χ3n) is 4.75. The van der Waals surface area contributed by atoms with Gasteiger partial charge in [-0.05, 0) is 36.9 Å². The molecule has 4 nitrogen and oxygen atoms in total. The summed E-state index contributed by atoms with van der Waals surface area (Å²) in [5.41, 5.74) is 2.54. The molecule has 0 aromatic rings. The molecule has 0 spiro atoms. The minimum absolute atomic E-state index is 0.236. The van der Waals surface area contributed by atoms with Crippen molar-refractivity contribution in [3.05, 3.63) is 11.6 Å². The van der Waals surface area contributed by atoms with E-state index in [-0.39, 0.29) is 12.2 Å². The molecule has 134 valence electrons. The number of carboxylic acids is 1. The summed E-state index contributed by atoms with van der Waals surface area (Å²) in [6.45, 7) is 17.2. The third kappa shape index (κ3) is 5.88. The SMILES string of the molecule is CC(=O)C(C/C=C(\C)CO[Si](C(C)C)(C(C)C)C(C)C)C(=O)O. The number of Topliss-reactive ketones (excluding diaryl/α,β-unsaturated/α-hetero) is 1. The highest BCUT2D eigenvalue weighted by Gasteiger charge is 2.44. The molecule has 0 aliphatic carbocycles. The zero-order valence-electron chi connectivity index (χ0n) is 16.0. The maximum atomic E-state index is 11.3. The number of hydrogen-bond donors (Lipinski definition) is 1. The van der Waals surface area contributed by atoms with Crippen molar-refractivity contribution in [1.29, 1.82) is 0 Å². The summed E-state index contributed by atoms with van der Waals surface area (Å²) in [4.78, 5) is 22.4. The Morgan fingerprint density at radius 2 is 1.43 bits per heavy atom. The highest BCUT2D eigenvalue weighted by Crippen LogP contribution is 2.42.